The second kappa shape index (κ2) is 6.48. The molecule has 0 aliphatic rings. The molecule has 5 heteroatoms. The number of hydrogen-bond acceptors (Lipinski definition) is 3. The number of carbonyl (C=O) groups excluding carboxylic acids is 2. The van der Waals surface area contributed by atoms with Crippen molar-refractivity contribution in [1.82, 2.24) is 5.32 Å². The first-order valence-corrected chi connectivity index (χ1v) is 5.62. The Balaban J connectivity index is 4.34. The summed E-state index contributed by atoms with van der Waals surface area (Å²) < 4.78 is 0. The van der Waals surface area contributed by atoms with Crippen molar-refractivity contribution in [2.24, 2.45) is 17.4 Å². The largest absolute Gasteiger partial charge is 0.370 e. The van der Waals surface area contributed by atoms with Crippen molar-refractivity contribution in [3.63, 3.8) is 0 Å². The van der Waals surface area contributed by atoms with E-state index in [0.717, 1.165) is 12.8 Å². The second-order valence-corrected chi connectivity index (χ2v) is 4.74. The van der Waals surface area contributed by atoms with Crippen LogP contribution in [0.25, 0.3) is 0 Å². The molecule has 0 heterocycles. The zero-order valence-corrected chi connectivity index (χ0v) is 10.4. The van der Waals surface area contributed by atoms with Gasteiger partial charge in [-0.2, -0.15) is 0 Å². The van der Waals surface area contributed by atoms with Gasteiger partial charge >= 0.3 is 0 Å². The number of nitrogens with two attached hydrogens (primary N) is 2. The van der Waals surface area contributed by atoms with E-state index in [1.807, 2.05) is 6.92 Å². The van der Waals surface area contributed by atoms with Crippen LogP contribution < -0.4 is 16.8 Å². The van der Waals surface area contributed by atoms with E-state index in [9.17, 15) is 9.59 Å². The Hall–Kier alpha value is -1.10. The first-order valence-electron chi connectivity index (χ1n) is 5.62. The van der Waals surface area contributed by atoms with E-state index in [1.54, 1.807) is 13.8 Å². The Morgan fingerprint density at radius 2 is 1.94 bits per heavy atom. The number of hydrogen-bond donors (Lipinski definition) is 3. The standard InChI is InChI=1S/C11H23N3O2/c1-4-5-8(7-12)10(16)14-11(2,3)6-9(13)15/h8H,4-7,12H2,1-3H3,(H2,13,15)(H,14,16). The van der Waals surface area contributed by atoms with E-state index in [0.29, 0.717) is 6.54 Å². The summed E-state index contributed by atoms with van der Waals surface area (Å²) in [4.78, 5) is 22.6. The fourth-order valence-corrected chi connectivity index (χ4v) is 1.62. The van der Waals surface area contributed by atoms with Gasteiger partial charge in [-0.1, -0.05) is 13.3 Å². The number of primary amides is 1. The zero-order chi connectivity index (χ0) is 12.8. The Morgan fingerprint density at radius 3 is 2.31 bits per heavy atom. The molecular weight excluding hydrogens is 206 g/mol. The molecule has 0 aliphatic carbocycles. The average Bonchev–Trinajstić information content (AvgIpc) is 2.10. The topological polar surface area (TPSA) is 98.2 Å². The van der Waals surface area contributed by atoms with Crippen LogP contribution in [0.1, 0.15) is 40.0 Å². The van der Waals surface area contributed by atoms with Gasteiger partial charge in [0.25, 0.3) is 0 Å². The van der Waals surface area contributed by atoms with Crippen molar-refractivity contribution in [3.8, 4) is 0 Å². The van der Waals surface area contributed by atoms with Crippen molar-refractivity contribution >= 4 is 11.8 Å². The summed E-state index contributed by atoms with van der Waals surface area (Å²) >= 11 is 0. The lowest BCUT2D eigenvalue weighted by Gasteiger charge is -2.27. The normalized spacial score (nSPS) is 13.2. The lowest BCUT2D eigenvalue weighted by molar-refractivity contribution is -0.127. The van der Waals surface area contributed by atoms with E-state index in [1.165, 1.54) is 0 Å². The van der Waals surface area contributed by atoms with E-state index < -0.39 is 11.4 Å². The molecule has 94 valence electrons. The fraction of sp³-hybridized carbons (Fsp3) is 0.818. The summed E-state index contributed by atoms with van der Waals surface area (Å²) in [5.74, 6) is -0.710. The molecular formula is C11H23N3O2. The molecule has 0 fully saturated rings. The lowest BCUT2D eigenvalue weighted by atomic mass is 9.96. The summed E-state index contributed by atoms with van der Waals surface area (Å²) in [7, 11) is 0. The molecule has 0 rings (SSSR count). The van der Waals surface area contributed by atoms with Gasteiger partial charge in [0, 0.05) is 18.5 Å². The Bertz CT molecular complexity index is 252. The molecule has 0 radical (unpaired) electrons. The van der Waals surface area contributed by atoms with Crippen molar-refractivity contribution in [2.75, 3.05) is 6.54 Å². The highest BCUT2D eigenvalue weighted by Gasteiger charge is 2.26. The Morgan fingerprint density at radius 1 is 1.38 bits per heavy atom. The Labute approximate surface area is 96.9 Å². The molecule has 1 unspecified atom stereocenters. The van der Waals surface area contributed by atoms with Crippen molar-refractivity contribution < 1.29 is 9.59 Å². The SMILES string of the molecule is CCCC(CN)C(=O)NC(C)(C)CC(N)=O. The fourth-order valence-electron chi connectivity index (χ4n) is 1.62. The highest BCUT2D eigenvalue weighted by molar-refractivity contribution is 5.81. The molecule has 0 spiro atoms. The van der Waals surface area contributed by atoms with Crippen LogP contribution >= 0.6 is 0 Å². The van der Waals surface area contributed by atoms with Gasteiger partial charge in [-0.05, 0) is 20.3 Å². The summed E-state index contributed by atoms with van der Waals surface area (Å²) in [5.41, 5.74) is 10.0. The van der Waals surface area contributed by atoms with E-state index in [2.05, 4.69) is 5.32 Å². The summed E-state index contributed by atoms with van der Waals surface area (Å²) in [5, 5.41) is 2.80. The van der Waals surface area contributed by atoms with Crippen LogP contribution in [0.2, 0.25) is 0 Å². The quantitative estimate of drug-likeness (QED) is 0.578. The molecule has 1 atom stereocenters. The molecule has 16 heavy (non-hydrogen) atoms. The molecule has 5 N–H and O–H groups in total. The van der Waals surface area contributed by atoms with Crippen LogP contribution in [-0.2, 0) is 9.59 Å². The maximum Gasteiger partial charge on any atom is 0.224 e. The highest BCUT2D eigenvalue weighted by atomic mass is 16.2. The molecule has 0 saturated carbocycles. The molecule has 5 nitrogen and oxygen atoms in total. The average molecular weight is 229 g/mol. The van der Waals surface area contributed by atoms with Gasteiger partial charge in [0.15, 0.2) is 0 Å². The van der Waals surface area contributed by atoms with Gasteiger partial charge in [-0.3, -0.25) is 9.59 Å². The third-order valence-electron chi connectivity index (χ3n) is 2.37. The number of nitrogens with one attached hydrogen (secondary N) is 1. The van der Waals surface area contributed by atoms with Crippen molar-refractivity contribution in [1.29, 1.82) is 0 Å². The molecule has 0 aromatic heterocycles. The van der Waals surface area contributed by atoms with E-state index >= 15 is 0 Å². The summed E-state index contributed by atoms with van der Waals surface area (Å²) in [6.45, 7) is 5.88. The van der Waals surface area contributed by atoms with Crippen LogP contribution in [0.3, 0.4) is 0 Å². The van der Waals surface area contributed by atoms with Gasteiger partial charge < -0.3 is 16.8 Å². The smallest absolute Gasteiger partial charge is 0.224 e. The molecule has 2 amide bonds. The minimum Gasteiger partial charge on any atom is -0.370 e. The van der Waals surface area contributed by atoms with Gasteiger partial charge in [0.2, 0.25) is 11.8 Å². The number of rotatable bonds is 7. The second-order valence-electron chi connectivity index (χ2n) is 4.74. The van der Waals surface area contributed by atoms with Crippen LogP contribution in [0.15, 0.2) is 0 Å². The van der Waals surface area contributed by atoms with Gasteiger partial charge in [0.05, 0.1) is 5.92 Å². The van der Waals surface area contributed by atoms with Crippen LogP contribution in [0.4, 0.5) is 0 Å². The summed E-state index contributed by atoms with van der Waals surface area (Å²) in [6, 6.07) is 0. The number of amides is 2. The molecule has 0 saturated heterocycles. The number of carbonyl (C=O) groups is 2. The van der Waals surface area contributed by atoms with Gasteiger partial charge in [-0.25, -0.2) is 0 Å². The maximum absolute atomic E-state index is 11.8. The van der Waals surface area contributed by atoms with Crippen LogP contribution in [-0.4, -0.2) is 23.9 Å². The molecule has 0 bridgehead atoms. The van der Waals surface area contributed by atoms with Crippen LogP contribution in [0, 0.1) is 5.92 Å². The molecule has 0 aromatic carbocycles. The minimum atomic E-state index is -0.607. The minimum absolute atomic E-state index is 0.101. The highest BCUT2D eigenvalue weighted by Crippen LogP contribution is 2.11. The predicted molar refractivity (Wildman–Crippen MR) is 63.5 cm³/mol. The molecule has 0 aliphatic heterocycles. The zero-order valence-electron chi connectivity index (χ0n) is 10.4. The monoisotopic (exact) mass is 229 g/mol. The third-order valence-corrected chi connectivity index (χ3v) is 2.37. The third kappa shape index (κ3) is 5.70. The van der Waals surface area contributed by atoms with Gasteiger partial charge in [-0.15, -0.1) is 0 Å². The van der Waals surface area contributed by atoms with Gasteiger partial charge in [0.1, 0.15) is 0 Å². The predicted octanol–water partition coefficient (Wildman–Crippen LogP) is 0.132. The van der Waals surface area contributed by atoms with Crippen molar-refractivity contribution in [2.45, 2.75) is 45.6 Å². The van der Waals surface area contributed by atoms with E-state index in [-0.39, 0.29) is 18.2 Å². The van der Waals surface area contributed by atoms with E-state index in [4.69, 9.17) is 11.5 Å². The van der Waals surface area contributed by atoms with Crippen molar-refractivity contribution in [3.05, 3.63) is 0 Å². The summed E-state index contributed by atoms with van der Waals surface area (Å²) in [6.07, 6.45) is 1.79. The Kier molecular flexibility index (Phi) is 6.03. The molecule has 0 aromatic rings. The first-order chi connectivity index (χ1) is 7.32. The maximum atomic E-state index is 11.8. The first kappa shape index (κ1) is 14.9. The lowest BCUT2D eigenvalue weighted by Crippen LogP contribution is -2.49. The van der Waals surface area contributed by atoms with Crippen LogP contribution in [0.5, 0.6) is 0 Å².